The molecule has 0 radical (unpaired) electrons. The molecule has 5 nitrogen and oxygen atoms in total. The summed E-state index contributed by atoms with van der Waals surface area (Å²) in [5.41, 5.74) is 0. The lowest BCUT2D eigenvalue weighted by Crippen LogP contribution is -2.53. The molecular formula is C14H27N3O2. The van der Waals surface area contributed by atoms with Crippen molar-refractivity contribution in [3.05, 3.63) is 0 Å². The summed E-state index contributed by atoms with van der Waals surface area (Å²) in [7, 11) is 0. The van der Waals surface area contributed by atoms with Crippen molar-refractivity contribution in [2.24, 2.45) is 5.92 Å². The molecule has 1 unspecified atom stereocenters. The number of rotatable bonds is 4. The molecule has 2 heterocycles. The summed E-state index contributed by atoms with van der Waals surface area (Å²) in [6.45, 7) is 10.5. The number of hydrogen-bond donors (Lipinski definition) is 1. The van der Waals surface area contributed by atoms with Gasteiger partial charge in [0.2, 0.25) is 0 Å². The number of urea groups is 1. The van der Waals surface area contributed by atoms with E-state index < -0.39 is 0 Å². The molecule has 0 aliphatic carbocycles. The zero-order valence-corrected chi connectivity index (χ0v) is 12.2. The van der Waals surface area contributed by atoms with Gasteiger partial charge in [0.1, 0.15) is 0 Å². The van der Waals surface area contributed by atoms with Crippen LogP contribution in [0.1, 0.15) is 26.7 Å². The van der Waals surface area contributed by atoms with Crippen molar-refractivity contribution >= 4 is 6.03 Å². The lowest BCUT2D eigenvalue weighted by molar-refractivity contribution is 0.0560. The largest absolute Gasteiger partial charge is 0.377 e. The predicted molar refractivity (Wildman–Crippen MR) is 75.2 cm³/mol. The van der Waals surface area contributed by atoms with Crippen LogP contribution in [0, 0.1) is 5.92 Å². The van der Waals surface area contributed by atoms with Crippen LogP contribution in [-0.2, 0) is 4.74 Å². The summed E-state index contributed by atoms with van der Waals surface area (Å²) in [4.78, 5) is 16.3. The first kappa shape index (κ1) is 14.6. The molecule has 0 bridgehead atoms. The zero-order valence-electron chi connectivity index (χ0n) is 12.2. The Labute approximate surface area is 116 Å². The van der Waals surface area contributed by atoms with Gasteiger partial charge in [0.25, 0.3) is 0 Å². The van der Waals surface area contributed by atoms with Crippen LogP contribution in [0.25, 0.3) is 0 Å². The number of hydrogen-bond acceptors (Lipinski definition) is 3. The second-order valence-corrected chi connectivity index (χ2v) is 6.00. The lowest BCUT2D eigenvalue weighted by Gasteiger charge is -2.35. The number of amides is 2. The first-order chi connectivity index (χ1) is 9.15. The molecule has 2 rings (SSSR count). The summed E-state index contributed by atoms with van der Waals surface area (Å²) >= 11 is 0. The van der Waals surface area contributed by atoms with Gasteiger partial charge in [-0.2, -0.15) is 0 Å². The van der Waals surface area contributed by atoms with E-state index in [0.717, 1.165) is 45.9 Å². The van der Waals surface area contributed by atoms with Gasteiger partial charge >= 0.3 is 6.03 Å². The number of carbonyl (C=O) groups excluding carboxylic acids is 1. The highest BCUT2D eigenvalue weighted by Gasteiger charge is 2.24. The quantitative estimate of drug-likeness (QED) is 0.832. The number of piperazine rings is 1. The fraction of sp³-hybridized carbons (Fsp3) is 0.929. The third-order valence-electron chi connectivity index (χ3n) is 3.81. The first-order valence-electron chi connectivity index (χ1n) is 7.52. The van der Waals surface area contributed by atoms with Crippen molar-refractivity contribution in [3.63, 3.8) is 0 Å². The van der Waals surface area contributed by atoms with Crippen molar-refractivity contribution < 1.29 is 9.53 Å². The topological polar surface area (TPSA) is 44.8 Å². The van der Waals surface area contributed by atoms with Gasteiger partial charge in [-0.25, -0.2) is 4.79 Å². The molecule has 0 spiro atoms. The monoisotopic (exact) mass is 269 g/mol. The Bertz CT molecular complexity index is 282. The van der Waals surface area contributed by atoms with Gasteiger partial charge in [0, 0.05) is 45.9 Å². The molecule has 2 saturated heterocycles. The van der Waals surface area contributed by atoms with Crippen molar-refractivity contribution in [2.75, 3.05) is 45.9 Å². The Morgan fingerprint density at radius 1 is 1.32 bits per heavy atom. The fourth-order valence-electron chi connectivity index (χ4n) is 2.61. The van der Waals surface area contributed by atoms with Gasteiger partial charge in [-0.05, 0) is 18.8 Å². The van der Waals surface area contributed by atoms with Gasteiger partial charge in [-0.3, -0.25) is 4.90 Å². The van der Waals surface area contributed by atoms with Crippen LogP contribution in [0.15, 0.2) is 0 Å². The molecule has 5 heteroatoms. The maximum absolute atomic E-state index is 11.9. The van der Waals surface area contributed by atoms with E-state index in [-0.39, 0.29) is 6.03 Å². The average molecular weight is 269 g/mol. The molecule has 110 valence electrons. The number of ether oxygens (including phenoxy) is 1. The maximum Gasteiger partial charge on any atom is 0.317 e. The van der Waals surface area contributed by atoms with E-state index in [9.17, 15) is 4.79 Å². The Balaban J connectivity index is 1.65. The van der Waals surface area contributed by atoms with E-state index in [4.69, 9.17) is 4.74 Å². The highest BCUT2D eigenvalue weighted by molar-refractivity contribution is 5.74. The van der Waals surface area contributed by atoms with E-state index >= 15 is 0 Å². The zero-order chi connectivity index (χ0) is 13.7. The Kier molecular flexibility index (Phi) is 5.45. The van der Waals surface area contributed by atoms with E-state index in [2.05, 4.69) is 24.1 Å². The smallest absolute Gasteiger partial charge is 0.317 e. The van der Waals surface area contributed by atoms with Gasteiger partial charge in [0.15, 0.2) is 0 Å². The minimum absolute atomic E-state index is 0.0884. The predicted octanol–water partition coefficient (Wildman–Crippen LogP) is 1.15. The summed E-state index contributed by atoms with van der Waals surface area (Å²) < 4.78 is 5.66. The van der Waals surface area contributed by atoms with Gasteiger partial charge < -0.3 is 15.0 Å². The van der Waals surface area contributed by atoms with E-state index in [0.29, 0.717) is 12.0 Å². The van der Waals surface area contributed by atoms with Crippen molar-refractivity contribution in [3.8, 4) is 0 Å². The summed E-state index contributed by atoms with van der Waals surface area (Å²) in [5.74, 6) is 0.504. The van der Waals surface area contributed by atoms with Crippen LogP contribution in [0.2, 0.25) is 0 Å². The van der Waals surface area contributed by atoms with Crippen LogP contribution in [0.4, 0.5) is 4.79 Å². The minimum Gasteiger partial charge on any atom is -0.377 e. The molecule has 2 fully saturated rings. The molecule has 0 aromatic heterocycles. The maximum atomic E-state index is 11.9. The molecule has 0 aromatic rings. The van der Waals surface area contributed by atoms with Crippen molar-refractivity contribution in [1.29, 1.82) is 0 Å². The highest BCUT2D eigenvalue weighted by Crippen LogP contribution is 2.14. The minimum atomic E-state index is 0.0884. The molecule has 1 N–H and O–H groups in total. The molecule has 19 heavy (non-hydrogen) atoms. The molecule has 2 aliphatic rings. The molecule has 2 amide bonds. The third-order valence-corrected chi connectivity index (χ3v) is 3.81. The fourth-order valence-corrected chi connectivity index (χ4v) is 2.61. The molecule has 0 saturated carbocycles. The average Bonchev–Trinajstić information content (AvgIpc) is 2.89. The number of nitrogens with zero attached hydrogens (tertiary/aromatic N) is 2. The number of carbonyl (C=O) groups is 1. The van der Waals surface area contributed by atoms with E-state index in [1.165, 1.54) is 12.8 Å². The Morgan fingerprint density at radius 2 is 2.05 bits per heavy atom. The van der Waals surface area contributed by atoms with Gasteiger partial charge in [0.05, 0.1) is 6.10 Å². The molecular weight excluding hydrogens is 242 g/mol. The van der Waals surface area contributed by atoms with Gasteiger partial charge in [-0.1, -0.05) is 13.8 Å². The Hall–Kier alpha value is -0.810. The van der Waals surface area contributed by atoms with Crippen LogP contribution in [0.5, 0.6) is 0 Å². The van der Waals surface area contributed by atoms with E-state index in [1.54, 1.807) is 0 Å². The second kappa shape index (κ2) is 7.10. The standard InChI is InChI=1S/C14H27N3O2/c1-12(2)10-15-14(18)17-7-5-16(6-8-17)11-13-4-3-9-19-13/h12-13H,3-11H2,1-2H3,(H,15,18). The SMILES string of the molecule is CC(C)CNC(=O)N1CCN(CC2CCCO2)CC1. The van der Waals surface area contributed by atoms with Crippen LogP contribution in [0.3, 0.4) is 0 Å². The highest BCUT2D eigenvalue weighted by atomic mass is 16.5. The molecule has 0 aromatic carbocycles. The lowest BCUT2D eigenvalue weighted by atomic mass is 10.2. The summed E-state index contributed by atoms with van der Waals surface area (Å²) in [5, 5.41) is 2.98. The van der Waals surface area contributed by atoms with E-state index in [1.807, 2.05) is 4.90 Å². The summed E-state index contributed by atoms with van der Waals surface area (Å²) in [6.07, 6.45) is 2.80. The molecule has 1 atom stereocenters. The number of nitrogens with one attached hydrogen (secondary N) is 1. The van der Waals surface area contributed by atoms with Crippen LogP contribution in [-0.4, -0.2) is 67.8 Å². The van der Waals surface area contributed by atoms with Gasteiger partial charge in [-0.15, -0.1) is 0 Å². The Morgan fingerprint density at radius 3 is 2.63 bits per heavy atom. The van der Waals surface area contributed by atoms with Crippen LogP contribution >= 0.6 is 0 Å². The summed E-state index contributed by atoms with van der Waals surface area (Å²) in [6, 6.07) is 0.0884. The first-order valence-corrected chi connectivity index (χ1v) is 7.52. The van der Waals surface area contributed by atoms with Crippen LogP contribution < -0.4 is 5.32 Å². The third kappa shape index (κ3) is 4.66. The second-order valence-electron chi connectivity index (χ2n) is 6.00. The van der Waals surface area contributed by atoms with Crippen molar-refractivity contribution in [1.82, 2.24) is 15.1 Å². The normalized spacial score (nSPS) is 25.0. The van der Waals surface area contributed by atoms with Crippen molar-refractivity contribution in [2.45, 2.75) is 32.8 Å². The molecule has 2 aliphatic heterocycles.